The summed E-state index contributed by atoms with van der Waals surface area (Å²) in [6.45, 7) is 0.0299. The van der Waals surface area contributed by atoms with E-state index in [0.29, 0.717) is 17.3 Å². The fraction of sp³-hybridized carbons (Fsp3) is 0.0909. The number of para-hydroxylation sites is 3. The van der Waals surface area contributed by atoms with Gasteiger partial charge in [0, 0.05) is 0 Å². The molecule has 160 valence electrons. The summed E-state index contributed by atoms with van der Waals surface area (Å²) in [6.07, 6.45) is -0.901. The first-order valence-electron chi connectivity index (χ1n) is 9.74. The molecule has 1 unspecified atom stereocenters. The maximum atomic E-state index is 12.7. The number of rotatable bonds is 4. The molecule has 2 amide bonds. The zero-order valence-electron chi connectivity index (χ0n) is 16.6. The Morgan fingerprint density at radius 3 is 2.53 bits per heavy atom. The van der Waals surface area contributed by atoms with Crippen LogP contribution in [0, 0.1) is 0 Å². The van der Waals surface area contributed by atoms with Gasteiger partial charge in [0.05, 0.1) is 10.6 Å². The standard InChI is InChI=1S/C22H17N5O4S/c28-21(17-13-30-15-9-4-5-10-16(15)31-17)24-25-22(29)19-23-20(18-11-6-12-32-18)27(26-19)14-7-2-1-3-8-14/h1-12,17H,13H2,(H,24,28)(H,25,29). The van der Waals surface area contributed by atoms with Gasteiger partial charge in [0.2, 0.25) is 11.9 Å². The Labute approximate surface area is 186 Å². The predicted octanol–water partition coefficient (Wildman–Crippen LogP) is 2.60. The van der Waals surface area contributed by atoms with E-state index in [9.17, 15) is 9.59 Å². The number of hydrogen-bond acceptors (Lipinski definition) is 7. The van der Waals surface area contributed by atoms with Crippen molar-refractivity contribution in [2.45, 2.75) is 6.10 Å². The first-order chi connectivity index (χ1) is 15.7. The molecular weight excluding hydrogens is 430 g/mol. The highest BCUT2D eigenvalue weighted by molar-refractivity contribution is 7.13. The minimum absolute atomic E-state index is 0.0299. The van der Waals surface area contributed by atoms with Crippen LogP contribution >= 0.6 is 11.3 Å². The van der Waals surface area contributed by atoms with Crippen LogP contribution in [0.1, 0.15) is 10.6 Å². The molecule has 2 aromatic carbocycles. The van der Waals surface area contributed by atoms with Crippen molar-refractivity contribution in [1.82, 2.24) is 25.6 Å². The zero-order chi connectivity index (χ0) is 21.9. The number of carbonyl (C=O) groups is 2. The molecule has 9 nitrogen and oxygen atoms in total. The highest BCUT2D eigenvalue weighted by atomic mass is 32.1. The number of amides is 2. The molecule has 2 N–H and O–H groups in total. The van der Waals surface area contributed by atoms with Gasteiger partial charge < -0.3 is 9.47 Å². The van der Waals surface area contributed by atoms with Crippen molar-refractivity contribution >= 4 is 23.2 Å². The fourth-order valence-corrected chi connectivity index (χ4v) is 3.82. The first-order valence-corrected chi connectivity index (χ1v) is 10.6. The normalized spacial score (nSPS) is 14.6. The summed E-state index contributed by atoms with van der Waals surface area (Å²) in [4.78, 5) is 30.4. The molecule has 1 atom stereocenters. The number of carbonyl (C=O) groups excluding carboxylic acids is 2. The second-order valence-corrected chi connectivity index (χ2v) is 7.74. The number of benzene rings is 2. The highest BCUT2D eigenvalue weighted by Crippen LogP contribution is 2.30. The summed E-state index contributed by atoms with van der Waals surface area (Å²) >= 11 is 1.49. The van der Waals surface area contributed by atoms with E-state index in [2.05, 4.69) is 20.9 Å². The molecular formula is C22H17N5O4S. The van der Waals surface area contributed by atoms with Crippen LogP contribution in [0.25, 0.3) is 16.4 Å². The van der Waals surface area contributed by atoms with Gasteiger partial charge in [-0.15, -0.1) is 16.4 Å². The van der Waals surface area contributed by atoms with Crippen LogP contribution in [-0.2, 0) is 4.79 Å². The summed E-state index contributed by atoms with van der Waals surface area (Å²) in [5, 5.41) is 6.27. The molecule has 0 bridgehead atoms. The van der Waals surface area contributed by atoms with Gasteiger partial charge in [0.25, 0.3) is 5.91 Å². The van der Waals surface area contributed by atoms with Gasteiger partial charge in [-0.1, -0.05) is 36.4 Å². The third kappa shape index (κ3) is 3.91. The third-order valence-electron chi connectivity index (χ3n) is 4.65. The van der Waals surface area contributed by atoms with Crippen LogP contribution in [0.3, 0.4) is 0 Å². The van der Waals surface area contributed by atoms with Gasteiger partial charge in [0.15, 0.2) is 17.3 Å². The summed E-state index contributed by atoms with van der Waals surface area (Å²) in [7, 11) is 0. The van der Waals surface area contributed by atoms with Gasteiger partial charge in [-0.2, -0.15) is 0 Å². The average Bonchev–Trinajstić information content (AvgIpc) is 3.53. The van der Waals surface area contributed by atoms with E-state index in [1.807, 2.05) is 53.9 Å². The molecule has 0 spiro atoms. The Kier molecular flexibility index (Phi) is 5.26. The number of aromatic nitrogens is 3. The molecule has 1 aliphatic rings. The molecule has 0 aliphatic carbocycles. The molecule has 0 saturated carbocycles. The summed E-state index contributed by atoms with van der Waals surface area (Å²) in [5.41, 5.74) is 5.46. The molecule has 5 rings (SSSR count). The Morgan fingerprint density at radius 1 is 0.969 bits per heavy atom. The first kappa shape index (κ1) is 19.8. The van der Waals surface area contributed by atoms with Crippen molar-refractivity contribution in [1.29, 1.82) is 0 Å². The van der Waals surface area contributed by atoms with E-state index in [-0.39, 0.29) is 12.4 Å². The van der Waals surface area contributed by atoms with Gasteiger partial charge in [-0.05, 0) is 35.7 Å². The van der Waals surface area contributed by atoms with Crippen LogP contribution in [0.5, 0.6) is 11.5 Å². The lowest BCUT2D eigenvalue weighted by molar-refractivity contribution is -0.131. The van der Waals surface area contributed by atoms with Gasteiger partial charge in [-0.3, -0.25) is 20.4 Å². The van der Waals surface area contributed by atoms with Crippen molar-refractivity contribution in [3.8, 4) is 27.9 Å². The highest BCUT2D eigenvalue weighted by Gasteiger charge is 2.28. The van der Waals surface area contributed by atoms with Crippen LogP contribution in [0.2, 0.25) is 0 Å². The monoisotopic (exact) mass is 447 g/mol. The lowest BCUT2D eigenvalue weighted by atomic mass is 10.2. The molecule has 3 heterocycles. The summed E-state index contributed by atoms with van der Waals surface area (Å²) < 4.78 is 12.8. The zero-order valence-corrected chi connectivity index (χ0v) is 17.4. The molecule has 0 fully saturated rings. The van der Waals surface area contributed by atoms with Crippen molar-refractivity contribution in [2.75, 3.05) is 6.61 Å². The molecule has 10 heteroatoms. The van der Waals surface area contributed by atoms with Crippen molar-refractivity contribution in [2.24, 2.45) is 0 Å². The Hall–Kier alpha value is -4.18. The van der Waals surface area contributed by atoms with E-state index in [0.717, 1.165) is 10.6 Å². The molecule has 0 radical (unpaired) electrons. The maximum Gasteiger partial charge on any atom is 0.309 e. The quantitative estimate of drug-likeness (QED) is 0.466. The minimum Gasteiger partial charge on any atom is -0.485 e. The van der Waals surface area contributed by atoms with Crippen molar-refractivity contribution < 1.29 is 19.1 Å². The predicted molar refractivity (Wildman–Crippen MR) is 117 cm³/mol. The number of nitrogens with zero attached hydrogens (tertiary/aromatic N) is 3. The molecule has 32 heavy (non-hydrogen) atoms. The molecule has 4 aromatic rings. The SMILES string of the molecule is O=C(NNC(=O)C1COc2ccccc2O1)c1nc(-c2cccs2)n(-c2ccccc2)n1. The van der Waals surface area contributed by atoms with Gasteiger partial charge in [0.1, 0.15) is 6.61 Å². The summed E-state index contributed by atoms with van der Waals surface area (Å²) in [6, 6.07) is 20.2. The second-order valence-electron chi connectivity index (χ2n) is 6.79. The summed E-state index contributed by atoms with van der Waals surface area (Å²) in [5.74, 6) is 0.287. The minimum atomic E-state index is -0.901. The lowest BCUT2D eigenvalue weighted by Gasteiger charge is -2.25. The van der Waals surface area contributed by atoms with Crippen molar-refractivity contribution in [3.63, 3.8) is 0 Å². The van der Waals surface area contributed by atoms with Gasteiger partial charge >= 0.3 is 5.91 Å². The van der Waals surface area contributed by atoms with E-state index in [1.54, 1.807) is 22.9 Å². The van der Waals surface area contributed by atoms with Crippen LogP contribution < -0.4 is 20.3 Å². The molecule has 1 aliphatic heterocycles. The number of hydrogen-bond donors (Lipinski definition) is 2. The van der Waals surface area contributed by atoms with Crippen LogP contribution in [0.15, 0.2) is 72.1 Å². The third-order valence-corrected chi connectivity index (χ3v) is 5.52. The van der Waals surface area contributed by atoms with Crippen molar-refractivity contribution in [3.05, 3.63) is 77.9 Å². The lowest BCUT2D eigenvalue weighted by Crippen LogP contribution is -2.51. The smallest absolute Gasteiger partial charge is 0.309 e. The number of nitrogens with one attached hydrogen (secondary N) is 2. The Morgan fingerprint density at radius 2 is 1.75 bits per heavy atom. The van der Waals surface area contributed by atoms with Crippen LogP contribution in [-0.4, -0.2) is 39.3 Å². The number of thiophene rings is 1. The van der Waals surface area contributed by atoms with E-state index in [1.165, 1.54) is 11.3 Å². The van der Waals surface area contributed by atoms with Gasteiger partial charge in [-0.25, -0.2) is 9.67 Å². The molecule has 0 saturated heterocycles. The van der Waals surface area contributed by atoms with E-state index < -0.39 is 17.9 Å². The second kappa shape index (κ2) is 8.52. The Bertz CT molecular complexity index is 1260. The number of fused-ring (bicyclic) bond motifs is 1. The van der Waals surface area contributed by atoms with E-state index >= 15 is 0 Å². The largest absolute Gasteiger partial charge is 0.485 e. The topological polar surface area (TPSA) is 107 Å². The average molecular weight is 447 g/mol. The Balaban J connectivity index is 1.30. The number of hydrazine groups is 1. The number of ether oxygens (including phenoxy) is 2. The fourth-order valence-electron chi connectivity index (χ4n) is 3.13. The maximum absolute atomic E-state index is 12.7. The van der Waals surface area contributed by atoms with Crippen LogP contribution in [0.4, 0.5) is 0 Å². The molecule has 2 aromatic heterocycles. The van der Waals surface area contributed by atoms with E-state index in [4.69, 9.17) is 9.47 Å².